The van der Waals surface area contributed by atoms with Crippen LogP contribution in [0.5, 0.6) is 5.75 Å². The lowest BCUT2D eigenvalue weighted by Gasteiger charge is -2.13. The number of fused-ring (bicyclic) bond motifs is 1. The summed E-state index contributed by atoms with van der Waals surface area (Å²) in [6, 6.07) is 7.44. The molecule has 1 N–H and O–H groups in total. The molecule has 0 aliphatic carbocycles. The Bertz CT molecular complexity index is 1010. The molecule has 0 spiro atoms. The fourth-order valence-corrected chi connectivity index (χ4v) is 3.14. The van der Waals surface area contributed by atoms with Crippen molar-refractivity contribution < 1.29 is 13.9 Å². The molecule has 0 radical (unpaired) electrons. The highest BCUT2D eigenvalue weighted by Crippen LogP contribution is 2.31. The molecular weight excluding hydrogens is 347 g/mol. The summed E-state index contributed by atoms with van der Waals surface area (Å²) in [7, 11) is 1.85. The van der Waals surface area contributed by atoms with Crippen LogP contribution in [-0.4, -0.2) is 33.8 Å². The Balaban J connectivity index is 1.64. The van der Waals surface area contributed by atoms with Gasteiger partial charge in [0.25, 0.3) is 5.91 Å². The molecule has 1 aliphatic rings. The number of carbonyl (C=O) groups is 1. The number of carbonyl (C=O) groups excluding carboxylic acids is 1. The third-order valence-corrected chi connectivity index (χ3v) is 4.65. The van der Waals surface area contributed by atoms with Gasteiger partial charge in [0.05, 0.1) is 17.8 Å². The minimum Gasteiger partial charge on any atom is -0.488 e. The number of hydrogen-bond donors (Lipinski definition) is 1. The average Bonchev–Trinajstić information content (AvgIpc) is 3.01. The van der Waals surface area contributed by atoms with Crippen LogP contribution in [0.25, 0.3) is 11.4 Å². The van der Waals surface area contributed by atoms with Gasteiger partial charge in [-0.25, -0.2) is 4.39 Å². The third kappa shape index (κ3) is 3.28. The van der Waals surface area contributed by atoms with E-state index in [2.05, 4.69) is 15.4 Å². The molecule has 4 rings (SSSR count). The van der Waals surface area contributed by atoms with Gasteiger partial charge in [0.15, 0.2) is 11.6 Å². The van der Waals surface area contributed by atoms with Gasteiger partial charge in [0.2, 0.25) is 0 Å². The van der Waals surface area contributed by atoms with Gasteiger partial charge in [-0.2, -0.15) is 5.10 Å². The van der Waals surface area contributed by atoms with Crippen LogP contribution in [0.1, 0.15) is 27.0 Å². The van der Waals surface area contributed by atoms with E-state index in [0.29, 0.717) is 18.5 Å². The van der Waals surface area contributed by atoms with Gasteiger partial charge in [-0.05, 0) is 48.2 Å². The summed E-state index contributed by atoms with van der Waals surface area (Å²) in [6.45, 7) is 2.32. The molecule has 2 aromatic heterocycles. The van der Waals surface area contributed by atoms with E-state index in [0.717, 1.165) is 22.5 Å². The Morgan fingerprint density at radius 2 is 2.15 bits per heavy atom. The lowest BCUT2D eigenvalue weighted by atomic mass is 9.97. The molecule has 1 aliphatic heterocycles. The summed E-state index contributed by atoms with van der Waals surface area (Å²) in [6.07, 6.45) is 4.09. The van der Waals surface area contributed by atoms with Gasteiger partial charge in [0, 0.05) is 19.4 Å². The van der Waals surface area contributed by atoms with Crippen molar-refractivity contribution in [3.63, 3.8) is 0 Å². The van der Waals surface area contributed by atoms with Crippen LogP contribution in [0, 0.1) is 12.7 Å². The Morgan fingerprint density at radius 3 is 2.85 bits per heavy atom. The van der Waals surface area contributed by atoms with Gasteiger partial charge in [-0.15, -0.1) is 0 Å². The van der Waals surface area contributed by atoms with E-state index in [1.807, 2.05) is 31.4 Å². The number of hydrogen-bond acceptors (Lipinski definition) is 4. The van der Waals surface area contributed by atoms with Crippen LogP contribution >= 0.6 is 0 Å². The van der Waals surface area contributed by atoms with Crippen LogP contribution < -0.4 is 10.1 Å². The highest BCUT2D eigenvalue weighted by molar-refractivity contribution is 5.97. The molecule has 0 atom stereocenters. The number of rotatable bonds is 3. The first-order valence-corrected chi connectivity index (χ1v) is 8.71. The second kappa shape index (κ2) is 6.83. The largest absolute Gasteiger partial charge is 0.488 e. The number of halogens is 1. The van der Waals surface area contributed by atoms with E-state index < -0.39 is 5.82 Å². The van der Waals surface area contributed by atoms with Gasteiger partial charge in [-0.3, -0.25) is 14.5 Å². The molecule has 0 unspecified atom stereocenters. The minimum absolute atomic E-state index is 0.0369. The van der Waals surface area contributed by atoms with Gasteiger partial charge in [0.1, 0.15) is 12.3 Å². The van der Waals surface area contributed by atoms with Crippen LogP contribution in [0.2, 0.25) is 0 Å². The zero-order valence-electron chi connectivity index (χ0n) is 15.1. The third-order valence-electron chi connectivity index (χ3n) is 4.65. The van der Waals surface area contributed by atoms with Crippen molar-refractivity contribution in [2.24, 2.45) is 7.05 Å². The Morgan fingerprint density at radius 1 is 1.30 bits per heavy atom. The van der Waals surface area contributed by atoms with E-state index in [4.69, 9.17) is 4.74 Å². The number of nitrogens with one attached hydrogen (secondary N) is 1. The zero-order valence-corrected chi connectivity index (χ0v) is 15.1. The lowest BCUT2D eigenvalue weighted by molar-refractivity contribution is 0.0957. The van der Waals surface area contributed by atoms with E-state index >= 15 is 0 Å². The number of ether oxygens (including phenoxy) is 1. The van der Waals surface area contributed by atoms with Crippen molar-refractivity contribution in [3.05, 3.63) is 64.7 Å². The predicted octanol–water partition coefficient (Wildman–Crippen LogP) is 2.64. The highest BCUT2D eigenvalue weighted by Gasteiger charge is 2.23. The van der Waals surface area contributed by atoms with Gasteiger partial charge >= 0.3 is 0 Å². The number of pyridine rings is 1. The van der Waals surface area contributed by atoms with Crippen LogP contribution in [0.3, 0.4) is 0 Å². The van der Waals surface area contributed by atoms with Crippen LogP contribution in [0.15, 0.2) is 36.7 Å². The Labute approximate surface area is 156 Å². The topological polar surface area (TPSA) is 69.0 Å². The fraction of sp³-hybridized carbons (Fsp3) is 0.250. The average molecular weight is 366 g/mol. The Hall–Kier alpha value is -3.22. The molecule has 7 heteroatoms. The molecule has 1 aromatic carbocycles. The monoisotopic (exact) mass is 366 g/mol. The lowest BCUT2D eigenvalue weighted by Crippen LogP contribution is -2.24. The summed E-state index contributed by atoms with van der Waals surface area (Å²) in [5, 5.41) is 7.05. The SMILES string of the molecule is Cc1c(Cc2ccc(-c3ccn(C)n3)nc2)cc2c(c1F)OCCNC2=O. The maximum absolute atomic E-state index is 14.8. The zero-order chi connectivity index (χ0) is 19.0. The molecule has 138 valence electrons. The molecule has 6 nitrogen and oxygen atoms in total. The van der Waals surface area contributed by atoms with Crippen molar-refractivity contribution in [2.45, 2.75) is 13.3 Å². The minimum atomic E-state index is -0.474. The quantitative estimate of drug-likeness (QED) is 0.774. The molecule has 0 fully saturated rings. The second-order valence-corrected chi connectivity index (χ2v) is 6.56. The number of amides is 1. The van der Waals surface area contributed by atoms with Gasteiger partial charge < -0.3 is 10.1 Å². The number of benzene rings is 1. The molecule has 0 bridgehead atoms. The van der Waals surface area contributed by atoms with Crippen molar-refractivity contribution in [1.29, 1.82) is 0 Å². The second-order valence-electron chi connectivity index (χ2n) is 6.56. The normalized spacial score (nSPS) is 13.5. The maximum Gasteiger partial charge on any atom is 0.255 e. The summed E-state index contributed by atoms with van der Waals surface area (Å²) in [4.78, 5) is 16.7. The van der Waals surface area contributed by atoms with Crippen LogP contribution in [0.4, 0.5) is 4.39 Å². The van der Waals surface area contributed by atoms with Crippen molar-refractivity contribution in [1.82, 2.24) is 20.1 Å². The molecule has 0 saturated carbocycles. The van der Waals surface area contributed by atoms with E-state index in [9.17, 15) is 9.18 Å². The number of aryl methyl sites for hydroxylation is 1. The first kappa shape index (κ1) is 17.2. The summed E-state index contributed by atoms with van der Waals surface area (Å²) in [5.74, 6) is -0.751. The maximum atomic E-state index is 14.8. The molecule has 3 heterocycles. The number of nitrogens with zero attached hydrogens (tertiary/aromatic N) is 3. The van der Waals surface area contributed by atoms with Crippen molar-refractivity contribution in [3.8, 4) is 17.1 Å². The predicted molar refractivity (Wildman–Crippen MR) is 98.2 cm³/mol. The molecule has 27 heavy (non-hydrogen) atoms. The smallest absolute Gasteiger partial charge is 0.255 e. The summed E-state index contributed by atoms with van der Waals surface area (Å²) in [5.41, 5.74) is 3.95. The molecule has 1 amide bonds. The van der Waals surface area contributed by atoms with Crippen molar-refractivity contribution >= 4 is 5.91 Å². The van der Waals surface area contributed by atoms with E-state index in [1.54, 1.807) is 23.9 Å². The van der Waals surface area contributed by atoms with E-state index in [-0.39, 0.29) is 23.8 Å². The summed E-state index contributed by atoms with van der Waals surface area (Å²) < 4.78 is 21.9. The molecule has 3 aromatic rings. The van der Waals surface area contributed by atoms with Crippen molar-refractivity contribution in [2.75, 3.05) is 13.2 Å². The first-order chi connectivity index (χ1) is 13.0. The Kier molecular flexibility index (Phi) is 4.35. The molecule has 0 saturated heterocycles. The number of aromatic nitrogens is 3. The van der Waals surface area contributed by atoms with Crippen LogP contribution in [-0.2, 0) is 13.5 Å². The van der Waals surface area contributed by atoms with E-state index in [1.165, 1.54) is 0 Å². The van der Waals surface area contributed by atoms with Gasteiger partial charge in [-0.1, -0.05) is 6.07 Å². The highest BCUT2D eigenvalue weighted by atomic mass is 19.1. The first-order valence-electron chi connectivity index (χ1n) is 8.71. The molecular formula is C20H19FN4O2. The summed E-state index contributed by atoms with van der Waals surface area (Å²) >= 11 is 0. The fourth-order valence-electron chi connectivity index (χ4n) is 3.14. The standard InChI is InChI=1S/C20H19FN4O2/c1-12-14(10-15-19(18(12)21)27-8-6-22-20(15)26)9-13-3-4-16(23-11-13)17-5-7-25(2)24-17/h3-5,7,10-11H,6,8-9H2,1-2H3,(H,22,26).